The Hall–Kier alpha value is -2.19. The van der Waals surface area contributed by atoms with E-state index in [9.17, 15) is 4.79 Å². The van der Waals surface area contributed by atoms with Crippen molar-refractivity contribution in [3.63, 3.8) is 0 Å². The summed E-state index contributed by atoms with van der Waals surface area (Å²) >= 11 is 0. The van der Waals surface area contributed by atoms with Crippen molar-refractivity contribution in [2.45, 2.75) is 32.9 Å². The maximum Gasteiger partial charge on any atom is 0.227 e. The summed E-state index contributed by atoms with van der Waals surface area (Å²) in [6.45, 7) is 8.35. The largest absolute Gasteiger partial charge is 0.468 e. The summed E-state index contributed by atoms with van der Waals surface area (Å²) in [6, 6.07) is 3.91. The van der Waals surface area contributed by atoms with Crippen molar-refractivity contribution in [3.05, 3.63) is 35.9 Å². The Labute approximate surface area is 159 Å². The lowest BCUT2D eigenvalue weighted by molar-refractivity contribution is -0.139. The first-order chi connectivity index (χ1) is 13.2. The Morgan fingerprint density at radius 1 is 1.19 bits per heavy atom. The summed E-state index contributed by atoms with van der Waals surface area (Å²) in [6.07, 6.45) is 3.75. The second-order valence-electron chi connectivity index (χ2n) is 7.48. The van der Waals surface area contributed by atoms with Crippen molar-refractivity contribution >= 4 is 5.91 Å². The molecule has 2 aliphatic heterocycles. The van der Waals surface area contributed by atoms with Crippen LogP contribution in [0.15, 0.2) is 27.3 Å². The van der Waals surface area contributed by atoms with E-state index >= 15 is 0 Å². The summed E-state index contributed by atoms with van der Waals surface area (Å²) in [7, 11) is 0. The summed E-state index contributed by atoms with van der Waals surface area (Å²) < 4.78 is 10.5. The minimum atomic E-state index is 0.0973. The molecule has 0 aromatic carbocycles. The van der Waals surface area contributed by atoms with Crippen molar-refractivity contribution in [2.24, 2.45) is 5.92 Å². The third-order valence-electron chi connectivity index (χ3n) is 5.43. The normalized spacial score (nSPS) is 22.3. The lowest BCUT2D eigenvalue weighted by Crippen LogP contribution is -2.52. The summed E-state index contributed by atoms with van der Waals surface area (Å²) in [5.74, 6) is 2.67. The van der Waals surface area contributed by atoms with Gasteiger partial charge in [0.15, 0.2) is 5.82 Å². The van der Waals surface area contributed by atoms with Crippen molar-refractivity contribution in [3.8, 4) is 0 Å². The van der Waals surface area contributed by atoms with Crippen molar-refractivity contribution in [1.29, 1.82) is 0 Å². The average Bonchev–Trinajstić information content (AvgIpc) is 3.34. The van der Waals surface area contributed by atoms with Crippen LogP contribution in [0.2, 0.25) is 0 Å². The van der Waals surface area contributed by atoms with E-state index in [0.29, 0.717) is 24.2 Å². The number of hydrogen-bond donors (Lipinski definition) is 0. The highest BCUT2D eigenvalue weighted by atomic mass is 16.5. The predicted octanol–water partition coefficient (Wildman–Crippen LogP) is 1.53. The van der Waals surface area contributed by atoms with Crippen molar-refractivity contribution in [1.82, 2.24) is 24.8 Å². The molecule has 8 nitrogen and oxygen atoms in total. The van der Waals surface area contributed by atoms with Crippen LogP contribution in [0, 0.1) is 12.8 Å². The molecule has 0 bridgehead atoms. The van der Waals surface area contributed by atoms with Gasteiger partial charge >= 0.3 is 0 Å². The van der Waals surface area contributed by atoms with Crippen LogP contribution in [0.4, 0.5) is 0 Å². The molecule has 8 heteroatoms. The first kappa shape index (κ1) is 18.2. The average molecular weight is 373 g/mol. The third kappa shape index (κ3) is 4.56. The Balaban J connectivity index is 1.26. The van der Waals surface area contributed by atoms with Gasteiger partial charge in [-0.05, 0) is 31.5 Å². The van der Waals surface area contributed by atoms with Gasteiger partial charge in [-0.25, -0.2) is 0 Å². The molecule has 1 amide bonds. The fraction of sp³-hybridized carbons (Fsp3) is 0.632. The van der Waals surface area contributed by atoms with Crippen LogP contribution in [-0.2, 0) is 17.9 Å². The molecule has 27 heavy (non-hydrogen) atoms. The molecule has 2 saturated heterocycles. The number of aryl methyl sites for hydroxylation is 1. The van der Waals surface area contributed by atoms with Gasteiger partial charge in [0.1, 0.15) is 5.76 Å². The Morgan fingerprint density at radius 2 is 2.04 bits per heavy atom. The zero-order valence-corrected chi connectivity index (χ0v) is 15.8. The Kier molecular flexibility index (Phi) is 5.54. The molecule has 0 spiro atoms. The van der Waals surface area contributed by atoms with Crippen molar-refractivity contribution in [2.75, 3.05) is 39.3 Å². The monoisotopic (exact) mass is 373 g/mol. The van der Waals surface area contributed by atoms with Gasteiger partial charge in [-0.15, -0.1) is 0 Å². The first-order valence-electron chi connectivity index (χ1n) is 9.72. The van der Waals surface area contributed by atoms with Crippen LogP contribution in [0.3, 0.4) is 0 Å². The molecule has 1 atom stereocenters. The highest BCUT2D eigenvalue weighted by Gasteiger charge is 2.31. The summed E-state index contributed by atoms with van der Waals surface area (Å²) in [5, 5.41) is 3.95. The fourth-order valence-corrected chi connectivity index (χ4v) is 4.01. The van der Waals surface area contributed by atoms with Gasteiger partial charge in [-0.1, -0.05) is 5.16 Å². The molecule has 0 saturated carbocycles. The highest BCUT2D eigenvalue weighted by molar-refractivity contribution is 5.79. The molecule has 0 N–H and O–H groups in total. The minimum Gasteiger partial charge on any atom is -0.468 e. The van der Waals surface area contributed by atoms with E-state index in [1.54, 1.807) is 13.2 Å². The molecule has 4 heterocycles. The number of nitrogens with zero attached hydrogens (tertiary/aromatic N) is 5. The lowest BCUT2D eigenvalue weighted by Gasteiger charge is -2.38. The second kappa shape index (κ2) is 8.22. The maximum atomic E-state index is 13.0. The molecule has 2 aliphatic rings. The predicted molar refractivity (Wildman–Crippen MR) is 97.6 cm³/mol. The Bertz CT molecular complexity index is 736. The summed E-state index contributed by atoms with van der Waals surface area (Å²) in [5.41, 5.74) is 0. The lowest BCUT2D eigenvalue weighted by atomic mass is 9.96. The van der Waals surface area contributed by atoms with Gasteiger partial charge in [0.2, 0.25) is 11.8 Å². The quantitative estimate of drug-likeness (QED) is 0.786. The smallest absolute Gasteiger partial charge is 0.227 e. The van der Waals surface area contributed by atoms with Gasteiger partial charge in [0.05, 0.1) is 25.3 Å². The molecule has 4 rings (SSSR count). The number of carbonyl (C=O) groups is 1. The van der Waals surface area contributed by atoms with Crippen LogP contribution in [0.5, 0.6) is 0 Å². The zero-order valence-electron chi connectivity index (χ0n) is 15.8. The molecule has 0 radical (unpaired) electrons. The highest BCUT2D eigenvalue weighted by Crippen LogP contribution is 2.21. The maximum absolute atomic E-state index is 13.0. The number of furan rings is 1. The van der Waals surface area contributed by atoms with E-state index in [1.807, 2.05) is 17.0 Å². The van der Waals surface area contributed by atoms with E-state index in [1.165, 1.54) is 0 Å². The van der Waals surface area contributed by atoms with Gasteiger partial charge in [0.25, 0.3) is 0 Å². The fourth-order valence-electron chi connectivity index (χ4n) is 4.01. The molecule has 1 unspecified atom stereocenters. The molecule has 146 valence electrons. The number of piperidine rings is 1. The third-order valence-corrected chi connectivity index (χ3v) is 5.43. The minimum absolute atomic E-state index is 0.0973. The number of hydrogen-bond acceptors (Lipinski definition) is 7. The number of piperazine rings is 1. The van der Waals surface area contributed by atoms with Gasteiger partial charge in [0, 0.05) is 39.6 Å². The zero-order chi connectivity index (χ0) is 18.6. The van der Waals surface area contributed by atoms with Crippen LogP contribution in [-0.4, -0.2) is 70.0 Å². The van der Waals surface area contributed by atoms with E-state index in [2.05, 4.69) is 19.9 Å². The molecular weight excluding hydrogens is 346 g/mol. The molecule has 2 aromatic rings. The second-order valence-corrected chi connectivity index (χ2v) is 7.48. The Morgan fingerprint density at radius 3 is 2.74 bits per heavy atom. The van der Waals surface area contributed by atoms with Gasteiger partial charge in [-0.3, -0.25) is 14.6 Å². The van der Waals surface area contributed by atoms with Gasteiger partial charge < -0.3 is 13.8 Å². The van der Waals surface area contributed by atoms with Crippen LogP contribution in [0.1, 0.15) is 30.3 Å². The number of amides is 1. The number of aromatic nitrogens is 2. The van der Waals surface area contributed by atoms with E-state index in [4.69, 9.17) is 8.94 Å². The van der Waals surface area contributed by atoms with E-state index in [-0.39, 0.29) is 5.92 Å². The first-order valence-corrected chi connectivity index (χ1v) is 9.72. The van der Waals surface area contributed by atoms with Crippen LogP contribution < -0.4 is 0 Å². The van der Waals surface area contributed by atoms with Crippen LogP contribution in [0.25, 0.3) is 0 Å². The van der Waals surface area contributed by atoms with Crippen LogP contribution >= 0.6 is 0 Å². The van der Waals surface area contributed by atoms with Gasteiger partial charge in [-0.2, -0.15) is 4.98 Å². The van der Waals surface area contributed by atoms with E-state index in [0.717, 1.165) is 64.4 Å². The number of carbonyl (C=O) groups excluding carboxylic acids is 1. The topological polar surface area (TPSA) is 78.9 Å². The molecule has 2 aromatic heterocycles. The molecular formula is C19H27N5O3. The number of likely N-dealkylation sites (tertiary alicyclic amines) is 1. The SMILES string of the molecule is Cc1nc(CN2CCN(C(=O)C3CCCN(Cc4ccco4)C3)CC2)no1. The standard InChI is InChI=1S/C19H27N5O3/c1-15-20-18(21-27-15)14-22-7-9-24(10-8-22)19(25)16-4-2-6-23(12-16)13-17-5-3-11-26-17/h3,5,11,16H,2,4,6-10,12-14H2,1H3. The summed E-state index contributed by atoms with van der Waals surface area (Å²) in [4.78, 5) is 23.9. The van der Waals surface area contributed by atoms with E-state index < -0.39 is 0 Å². The molecule has 2 fully saturated rings. The number of rotatable bonds is 5. The van der Waals surface area contributed by atoms with Crippen molar-refractivity contribution < 1.29 is 13.7 Å². The molecule has 0 aliphatic carbocycles.